The fourth-order valence-corrected chi connectivity index (χ4v) is 1.03. The molecule has 20 heavy (non-hydrogen) atoms. The molecule has 0 spiro atoms. The molecule has 0 unspecified atom stereocenters. The topological polar surface area (TPSA) is 55.4 Å². The third-order valence-electron chi connectivity index (χ3n) is 2.10. The number of hydrogen-bond donors (Lipinski definition) is 1. The molecular formula is C14H19F2NO3. The molecule has 1 aromatic rings. The number of halogens is 2. The van der Waals surface area contributed by atoms with Crippen LogP contribution >= 0.6 is 0 Å². The van der Waals surface area contributed by atoms with Crippen molar-refractivity contribution in [1.82, 2.24) is 5.32 Å². The van der Waals surface area contributed by atoms with Gasteiger partial charge < -0.3 is 10.1 Å². The van der Waals surface area contributed by atoms with Gasteiger partial charge in [-0.3, -0.25) is 9.59 Å². The van der Waals surface area contributed by atoms with Gasteiger partial charge in [0.1, 0.15) is 23.7 Å². The Labute approximate surface area is 117 Å². The molecule has 112 valence electrons. The third-order valence-corrected chi connectivity index (χ3v) is 2.10. The van der Waals surface area contributed by atoms with Gasteiger partial charge in [0.25, 0.3) is 5.91 Å². The van der Waals surface area contributed by atoms with Crippen molar-refractivity contribution in [1.29, 1.82) is 0 Å². The minimum atomic E-state index is -0.999. The Kier molecular flexibility index (Phi) is 8.58. The van der Waals surface area contributed by atoms with Gasteiger partial charge >= 0.3 is 5.97 Å². The van der Waals surface area contributed by atoms with Crippen LogP contribution in [0.25, 0.3) is 0 Å². The lowest BCUT2D eigenvalue weighted by molar-refractivity contribution is -0.139. The second-order valence-electron chi connectivity index (χ2n) is 3.55. The normalized spacial score (nSPS) is 9.00. The molecule has 1 N–H and O–H groups in total. The molecule has 1 aromatic carbocycles. The molecule has 1 amide bonds. The predicted molar refractivity (Wildman–Crippen MR) is 73.3 cm³/mol. The molecule has 0 aliphatic heterocycles. The van der Waals surface area contributed by atoms with Crippen molar-refractivity contribution >= 4 is 11.9 Å². The Morgan fingerprint density at radius 2 is 1.90 bits per heavy atom. The summed E-state index contributed by atoms with van der Waals surface area (Å²) in [6.07, 6.45) is 2.96. The minimum Gasteiger partial charge on any atom is -0.468 e. The first-order valence-electron chi connectivity index (χ1n) is 5.87. The number of carbonyl (C=O) groups excluding carboxylic acids is 2. The van der Waals surface area contributed by atoms with Crippen LogP contribution in [0.2, 0.25) is 0 Å². The van der Waals surface area contributed by atoms with Crippen molar-refractivity contribution < 1.29 is 24.5 Å². The van der Waals surface area contributed by atoms with E-state index in [1.54, 1.807) is 0 Å². The average molecular weight is 287 g/mol. The highest BCUT2D eigenvalue weighted by Crippen LogP contribution is 2.11. The standard InChI is InChI=1S/C10H9F2NO3.C4H8.H2/c1-16-8(14)5-13-10(15)9-6(11)3-2-4-7(9)12;1-3-4-2;/h2-4H,5H2,1H3,(H,13,15);3H,1,4H2,2H3;1H. The van der Waals surface area contributed by atoms with Crippen molar-refractivity contribution in [2.24, 2.45) is 0 Å². The number of nitrogens with one attached hydrogen (secondary N) is 1. The molecule has 0 aliphatic rings. The Morgan fingerprint density at radius 1 is 1.40 bits per heavy atom. The first-order valence-corrected chi connectivity index (χ1v) is 5.87. The zero-order valence-electron chi connectivity index (χ0n) is 11.4. The maximum Gasteiger partial charge on any atom is 0.325 e. The summed E-state index contributed by atoms with van der Waals surface area (Å²) in [6.45, 7) is 5.10. The highest BCUT2D eigenvalue weighted by atomic mass is 19.1. The third kappa shape index (κ3) is 6.08. The molecule has 1 rings (SSSR count). The highest BCUT2D eigenvalue weighted by Gasteiger charge is 2.17. The second kappa shape index (κ2) is 9.66. The van der Waals surface area contributed by atoms with E-state index < -0.39 is 35.6 Å². The summed E-state index contributed by atoms with van der Waals surface area (Å²) in [6, 6.07) is 3.05. The van der Waals surface area contributed by atoms with E-state index in [1.807, 2.05) is 11.4 Å². The van der Waals surface area contributed by atoms with Crippen LogP contribution in [0, 0.1) is 11.6 Å². The van der Waals surface area contributed by atoms with Gasteiger partial charge in [-0.15, -0.1) is 6.58 Å². The lowest BCUT2D eigenvalue weighted by atomic mass is 10.2. The predicted octanol–water partition coefficient (Wildman–Crippen LogP) is 2.70. The zero-order valence-corrected chi connectivity index (χ0v) is 11.4. The van der Waals surface area contributed by atoms with Gasteiger partial charge in [-0.25, -0.2) is 8.78 Å². The molecule has 0 atom stereocenters. The zero-order chi connectivity index (χ0) is 15.5. The van der Waals surface area contributed by atoms with E-state index in [2.05, 4.69) is 18.2 Å². The van der Waals surface area contributed by atoms with Gasteiger partial charge in [-0.1, -0.05) is 19.1 Å². The number of esters is 1. The monoisotopic (exact) mass is 287 g/mol. The van der Waals surface area contributed by atoms with Gasteiger partial charge in [-0.05, 0) is 18.6 Å². The Hall–Kier alpha value is -2.24. The van der Waals surface area contributed by atoms with Gasteiger partial charge in [-0.2, -0.15) is 0 Å². The van der Waals surface area contributed by atoms with Crippen molar-refractivity contribution in [3.63, 3.8) is 0 Å². The number of hydrogen-bond acceptors (Lipinski definition) is 3. The summed E-state index contributed by atoms with van der Waals surface area (Å²) in [7, 11) is 1.14. The quantitative estimate of drug-likeness (QED) is 0.684. The van der Waals surface area contributed by atoms with E-state index >= 15 is 0 Å². The molecular weight excluding hydrogens is 268 g/mol. The van der Waals surface area contributed by atoms with Crippen LogP contribution in [0.1, 0.15) is 25.1 Å². The molecule has 0 saturated carbocycles. The van der Waals surface area contributed by atoms with E-state index in [9.17, 15) is 18.4 Å². The van der Waals surface area contributed by atoms with Gasteiger partial charge in [0, 0.05) is 1.43 Å². The number of benzene rings is 1. The van der Waals surface area contributed by atoms with Crippen LogP contribution in [-0.4, -0.2) is 25.5 Å². The molecule has 4 nitrogen and oxygen atoms in total. The van der Waals surface area contributed by atoms with Crippen molar-refractivity contribution in [3.8, 4) is 0 Å². The summed E-state index contributed by atoms with van der Waals surface area (Å²) in [5, 5.41) is 2.04. The van der Waals surface area contributed by atoms with E-state index in [0.717, 1.165) is 31.7 Å². The number of allylic oxidation sites excluding steroid dienone is 1. The van der Waals surface area contributed by atoms with Gasteiger partial charge in [0.15, 0.2) is 0 Å². The molecule has 0 aromatic heterocycles. The second-order valence-corrected chi connectivity index (χ2v) is 3.55. The molecule has 0 radical (unpaired) electrons. The Bertz CT molecular complexity index is 461. The SMILES string of the molecule is C=CCC.COC(=O)CNC(=O)c1c(F)cccc1F.[HH]. The number of rotatable bonds is 4. The molecule has 0 heterocycles. The number of carbonyl (C=O) groups is 2. The summed E-state index contributed by atoms with van der Waals surface area (Å²) in [5.74, 6) is -3.67. The van der Waals surface area contributed by atoms with Crippen LogP contribution in [0.15, 0.2) is 30.9 Å². The van der Waals surface area contributed by atoms with Gasteiger partial charge in [0.05, 0.1) is 7.11 Å². The summed E-state index contributed by atoms with van der Waals surface area (Å²) < 4.78 is 30.4. The molecule has 0 saturated heterocycles. The van der Waals surface area contributed by atoms with Crippen LogP contribution in [0.4, 0.5) is 8.78 Å². The minimum absolute atomic E-state index is 0. The summed E-state index contributed by atoms with van der Waals surface area (Å²) in [5.41, 5.74) is -0.716. The van der Waals surface area contributed by atoms with E-state index in [4.69, 9.17) is 0 Å². The van der Waals surface area contributed by atoms with Crippen LogP contribution in [0.3, 0.4) is 0 Å². The Morgan fingerprint density at radius 3 is 2.30 bits per heavy atom. The molecule has 6 heteroatoms. The number of amides is 1. The van der Waals surface area contributed by atoms with E-state index in [1.165, 1.54) is 0 Å². The fourth-order valence-electron chi connectivity index (χ4n) is 1.03. The Balaban J connectivity index is 0. The lowest BCUT2D eigenvalue weighted by Crippen LogP contribution is -2.31. The van der Waals surface area contributed by atoms with Crippen molar-refractivity contribution in [2.45, 2.75) is 13.3 Å². The lowest BCUT2D eigenvalue weighted by Gasteiger charge is -2.05. The maximum absolute atomic E-state index is 13.1. The largest absolute Gasteiger partial charge is 0.468 e. The highest BCUT2D eigenvalue weighted by molar-refractivity contribution is 5.96. The first kappa shape index (κ1) is 17.8. The maximum atomic E-state index is 13.1. The van der Waals surface area contributed by atoms with E-state index in [-0.39, 0.29) is 1.43 Å². The smallest absolute Gasteiger partial charge is 0.325 e. The van der Waals surface area contributed by atoms with Crippen LogP contribution < -0.4 is 5.32 Å². The number of ether oxygens (including phenoxy) is 1. The van der Waals surface area contributed by atoms with Crippen LogP contribution in [0.5, 0.6) is 0 Å². The first-order chi connectivity index (χ1) is 9.47. The molecule has 0 fully saturated rings. The fraction of sp³-hybridized carbons (Fsp3) is 0.286. The molecule has 0 aliphatic carbocycles. The van der Waals surface area contributed by atoms with E-state index in [0.29, 0.717) is 0 Å². The van der Waals surface area contributed by atoms with Crippen LogP contribution in [-0.2, 0) is 9.53 Å². The number of methoxy groups -OCH3 is 1. The summed E-state index contributed by atoms with van der Waals surface area (Å²) in [4.78, 5) is 22.0. The van der Waals surface area contributed by atoms with Gasteiger partial charge in [0.2, 0.25) is 0 Å². The summed E-state index contributed by atoms with van der Waals surface area (Å²) >= 11 is 0. The average Bonchev–Trinajstić information content (AvgIpc) is 2.44. The van der Waals surface area contributed by atoms with Crippen molar-refractivity contribution in [2.75, 3.05) is 13.7 Å². The van der Waals surface area contributed by atoms with Crippen molar-refractivity contribution in [3.05, 3.63) is 48.1 Å². The molecule has 0 bridgehead atoms.